The van der Waals surface area contributed by atoms with Crippen LogP contribution in [-0.4, -0.2) is 18.2 Å². The van der Waals surface area contributed by atoms with Crippen molar-refractivity contribution < 1.29 is 67.7 Å². The molecule has 0 spiro atoms. The molecule has 1 aliphatic rings. The van der Waals surface area contributed by atoms with Crippen LogP contribution >= 0.6 is 0 Å². The van der Waals surface area contributed by atoms with Crippen molar-refractivity contribution in [1.82, 2.24) is 0 Å². The van der Waals surface area contributed by atoms with Crippen molar-refractivity contribution in [1.29, 1.82) is 0 Å². The fraction of sp³-hybridized carbons (Fsp3) is 0.304. The van der Waals surface area contributed by atoms with Crippen LogP contribution in [0.4, 0.5) is 48.7 Å². The highest BCUT2D eigenvalue weighted by molar-refractivity contribution is 5.79. The second kappa shape index (κ2) is 10.9. The van der Waals surface area contributed by atoms with Gasteiger partial charge >= 0.3 is 12.1 Å². The first-order chi connectivity index (χ1) is 17.7. The second-order valence-electron chi connectivity index (χ2n) is 8.26. The molecule has 0 unspecified atom stereocenters. The number of esters is 1. The van der Waals surface area contributed by atoms with E-state index >= 15 is 0 Å². The molecule has 1 aliphatic carbocycles. The van der Waals surface area contributed by atoms with Crippen molar-refractivity contribution in [3.05, 3.63) is 70.3 Å². The Morgan fingerprint density at radius 3 is 1.58 bits per heavy atom. The Hall–Kier alpha value is -3.78. The van der Waals surface area contributed by atoms with Crippen LogP contribution in [-0.2, 0) is 9.53 Å². The van der Waals surface area contributed by atoms with Gasteiger partial charge in [-0.15, -0.1) is 0 Å². The van der Waals surface area contributed by atoms with Crippen LogP contribution < -0.4 is 9.47 Å². The van der Waals surface area contributed by atoms with Crippen molar-refractivity contribution in [2.75, 3.05) is 0 Å². The Balaban J connectivity index is 1.73. The lowest BCUT2D eigenvalue weighted by Crippen LogP contribution is -2.35. The fourth-order valence-corrected chi connectivity index (χ4v) is 3.43. The van der Waals surface area contributed by atoms with Crippen LogP contribution in [0.1, 0.15) is 32.6 Å². The number of ether oxygens (including phenoxy) is 3. The largest absolute Gasteiger partial charge is 0.514 e. The lowest BCUT2D eigenvalue weighted by Gasteiger charge is -2.29. The summed E-state index contributed by atoms with van der Waals surface area (Å²) >= 11 is 0. The zero-order chi connectivity index (χ0) is 28.5. The van der Waals surface area contributed by atoms with Gasteiger partial charge in [-0.1, -0.05) is 6.08 Å². The van der Waals surface area contributed by atoms with Gasteiger partial charge in [-0.3, -0.25) is 4.79 Å². The first kappa shape index (κ1) is 28.8. The third kappa shape index (κ3) is 5.41. The van der Waals surface area contributed by atoms with E-state index in [2.05, 4.69) is 9.47 Å². The maximum absolute atomic E-state index is 13.9. The topological polar surface area (TPSA) is 61.8 Å². The summed E-state index contributed by atoms with van der Waals surface area (Å²) in [6.45, 7) is 1.23. The minimum atomic E-state index is -2.49. The highest BCUT2D eigenvalue weighted by Crippen LogP contribution is 2.37. The number of hydrogen-bond donors (Lipinski definition) is 0. The minimum Gasteiger partial charge on any atom is -0.426 e. The normalized spacial score (nSPS) is 20.3. The molecule has 0 N–H and O–H groups in total. The number of allylic oxidation sites excluding steroid dienone is 1. The smallest absolute Gasteiger partial charge is 0.426 e. The quantitative estimate of drug-likeness (QED) is 0.0792. The zero-order valence-electron chi connectivity index (χ0n) is 18.9. The Bertz CT molecular complexity index is 1270. The first-order valence-electron chi connectivity index (χ1n) is 10.5. The number of rotatable bonds is 4. The van der Waals surface area contributed by atoms with E-state index in [4.69, 9.17) is 4.74 Å². The number of carbonyl (C=O) groups is 2. The minimum absolute atomic E-state index is 0.0370. The molecule has 0 heterocycles. The average molecular weight is 560 g/mol. The van der Waals surface area contributed by atoms with Gasteiger partial charge in [-0.25, -0.2) is 31.1 Å². The number of benzene rings is 2. The lowest BCUT2D eigenvalue weighted by atomic mass is 9.79. The van der Waals surface area contributed by atoms with Crippen LogP contribution in [0.2, 0.25) is 0 Å². The highest BCUT2D eigenvalue weighted by atomic mass is 19.2. The van der Waals surface area contributed by atoms with Gasteiger partial charge in [0.1, 0.15) is 6.10 Å². The molecule has 0 fully saturated rings. The van der Waals surface area contributed by atoms with Crippen LogP contribution in [0.15, 0.2) is 12.2 Å². The maximum atomic E-state index is 13.9. The van der Waals surface area contributed by atoms with E-state index in [0.717, 1.165) is 0 Å². The van der Waals surface area contributed by atoms with Gasteiger partial charge in [-0.05, 0) is 38.7 Å². The summed E-state index contributed by atoms with van der Waals surface area (Å²) < 4.78 is 148. The van der Waals surface area contributed by atoms with Crippen molar-refractivity contribution in [3.63, 3.8) is 0 Å². The van der Waals surface area contributed by atoms with Crippen molar-refractivity contribution >= 4 is 12.1 Å². The van der Waals surface area contributed by atoms with Crippen LogP contribution in [0.3, 0.4) is 0 Å². The standard InChI is InChI=1S/C23H14F10O5/c1-23(21(34)37-19-15(30)11(26)9(24)12(27)16(19)31)6-3-2-4-8(5-7-23)36-22(35)38-20-17(32)13(28)10(25)14(29)18(20)33/h2,4,8H,3,5-7H2,1H3/b4-2+/t8-,23+/m1/s1. The summed E-state index contributed by atoms with van der Waals surface area (Å²) in [7, 11) is 0. The number of halogens is 10. The van der Waals surface area contributed by atoms with Gasteiger partial charge in [0.05, 0.1) is 5.41 Å². The molecule has 0 bridgehead atoms. The molecule has 15 heteroatoms. The lowest BCUT2D eigenvalue weighted by molar-refractivity contribution is -0.146. The van der Waals surface area contributed by atoms with Crippen LogP contribution in [0, 0.1) is 63.6 Å². The van der Waals surface area contributed by atoms with E-state index in [0.29, 0.717) is 0 Å². The number of carbonyl (C=O) groups excluding carboxylic acids is 2. The summed E-state index contributed by atoms with van der Waals surface area (Å²) in [5.74, 6) is -29.1. The van der Waals surface area contributed by atoms with E-state index in [9.17, 15) is 53.5 Å². The molecule has 3 rings (SSSR count). The Kier molecular flexibility index (Phi) is 8.27. The molecular weight excluding hydrogens is 546 g/mol. The van der Waals surface area contributed by atoms with Crippen LogP contribution in [0.5, 0.6) is 11.5 Å². The molecule has 0 amide bonds. The van der Waals surface area contributed by atoms with E-state index in [1.807, 2.05) is 0 Å². The molecule has 0 radical (unpaired) electrons. The van der Waals surface area contributed by atoms with E-state index in [1.165, 1.54) is 19.1 Å². The third-order valence-corrected chi connectivity index (χ3v) is 5.65. The number of hydrogen-bond acceptors (Lipinski definition) is 5. The molecular formula is C23H14F10O5. The molecule has 2 atom stereocenters. The third-order valence-electron chi connectivity index (χ3n) is 5.65. The van der Waals surface area contributed by atoms with Crippen molar-refractivity contribution in [3.8, 4) is 11.5 Å². The van der Waals surface area contributed by atoms with Gasteiger partial charge in [0, 0.05) is 0 Å². The molecule has 5 nitrogen and oxygen atoms in total. The summed E-state index contributed by atoms with van der Waals surface area (Å²) in [5, 5.41) is 0. The van der Waals surface area contributed by atoms with E-state index < -0.39 is 93.3 Å². The van der Waals surface area contributed by atoms with Crippen molar-refractivity contribution in [2.45, 2.75) is 38.7 Å². The summed E-state index contributed by atoms with van der Waals surface area (Å²) in [6, 6.07) is 0. The molecule has 2 aromatic rings. The summed E-state index contributed by atoms with van der Waals surface area (Å²) in [4.78, 5) is 24.6. The van der Waals surface area contributed by atoms with Gasteiger partial charge in [0.25, 0.3) is 0 Å². The zero-order valence-corrected chi connectivity index (χ0v) is 18.9. The monoisotopic (exact) mass is 560 g/mol. The second-order valence-corrected chi connectivity index (χ2v) is 8.26. The Morgan fingerprint density at radius 1 is 0.684 bits per heavy atom. The van der Waals surface area contributed by atoms with Gasteiger partial charge < -0.3 is 14.2 Å². The average Bonchev–Trinajstić information content (AvgIpc) is 2.88. The molecule has 206 valence electrons. The van der Waals surface area contributed by atoms with Crippen molar-refractivity contribution in [2.24, 2.45) is 5.41 Å². The van der Waals surface area contributed by atoms with Crippen LogP contribution in [0.25, 0.3) is 0 Å². The predicted molar refractivity (Wildman–Crippen MR) is 105 cm³/mol. The van der Waals surface area contributed by atoms with Gasteiger partial charge in [0.15, 0.2) is 0 Å². The fourth-order valence-electron chi connectivity index (χ4n) is 3.43. The Labute approximate surface area is 206 Å². The van der Waals surface area contributed by atoms with E-state index in [-0.39, 0.29) is 25.7 Å². The predicted octanol–water partition coefficient (Wildman–Crippen LogP) is 6.70. The SMILES string of the molecule is C[C@]1(C(=O)Oc2c(F)c(F)c(F)c(F)c2F)CC/C=C/[C@@H](OC(=O)Oc2c(F)c(F)c(F)c(F)c2F)CC1. The molecule has 0 saturated carbocycles. The Morgan fingerprint density at radius 2 is 1.11 bits per heavy atom. The van der Waals surface area contributed by atoms with E-state index in [1.54, 1.807) is 0 Å². The first-order valence-corrected chi connectivity index (χ1v) is 10.5. The summed E-state index contributed by atoms with van der Waals surface area (Å²) in [5.41, 5.74) is -1.63. The molecule has 0 saturated heterocycles. The molecule has 38 heavy (non-hydrogen) atoms. The van der Waals surface area contributed by atoms with Gasteiger partial charge in [-0.2, -0.15) is 17.6 Å². The molecule has 2 aromatic carbocycles. The highest BCUT2D eigenvalue weighted by Gasteiger charge is 2.39. The molecule has 0 aromatic heterocycles. The molecule has 0 aliphatic heterocycles. The summed E-state index contributed by atoms with van der Waals surface area (Å²) in [6.07, 6.45) is -1.18. The van der Waals surface area contributed by atoms with Gasteiger partial charge in [0.2, 0.25) is 69.7 Å². The maximum Gasteiger partial charge on any atom is 0.514 e.